The lowest BCUT2D eigenvalue weighted by Gasteiger charge is -2.02. The Hall–Kier alpha value is -2.15. The van der Waals surface area contributed by atoms with Gasteiger partial charge in [0.15, 0.2) is 11.6 Å². The van der Waals surface area contributed by atoms with Crippen LogP contribution in [0, 0.1) is 11.6 Å². The highest BCUT2D eigenvalue weighted by Gasteiger charge is 2.10. The summed E-state index contributed by atoms with van der Waals surface area (Å²) in [5.41, 5.74) is 9.31. The molecule has 0 unspecified atom stereocenters. The fourth-order valence-corrected chi connectivity index (χ4v) is 1.21. The Morgan fingerprint density at radius 3 is 2.82 bits per heavy atom. The molecule has 3 N–H and O–H groups in total. The van der Waals surface area contributed by atoms with Gasteiger partial charge in [-0.3, -0.25) is 5.43 Å². The predicted octanol–water partition coefficient (Wildman–Crippen LogP) is 1.13. The van der Waals surface area contributed by atoms with Crippen LogP contribution in [-0.2, 0) is 0 Å². The first-order valence-corrected chi connectivity index (χ1v) is 4.80. The number of halogens is 2. The molecular formula is C10H9F2N5. The molecule has 0 fully saturated rings. The van der Waals surface area contributed by atoms with Crippen LogP contribution in [0.15, 0.2) is 33.5 Å². The number of hydrogen-bond acceptors (Lipinski definition) is 5. The topological polar surface area (TPSA) is 75.1 Å². The minimum atomic E-state index is -0.942. The fourth-order valence-electron chi connectivity index (χ4n) is 1.21. The molecule has 0 saturated heterocycles. The van der Waals surface area contributed by atoms with Crippen molar-refractivity contribution >= 4 is 23.3 Å². The standard InChI is InChI=1S/C10H9F2N5/c11-7-2-1-6(3-8(7)12)15-17-10-5-14-16-9(10)4-13/h1-3,5,15H,4,13H2. The Labute approximate surface area is 95.7 Å². The summed E-state index contributed by atoms with van der Waals surface area (Å²) in [7, 11) is 0. The Balaban J connectivity index is 2.12. The lowest BCUT2D eigenvalue weighted by Crippen LogP contribution is -2.22. The van der Waals surface area contributed by atoms with Crippen molar-refractivity contribution in [1.82, 2.24) is 0 Å². The van der Waals surface area contributed by atoms with Crippen LogP contribution < -0.4 is 11.2 Å². The van der Waals surface area contributed by atoms with E-state index >= 15 is 0 Å². The number of benzene rings is 1. The minimum Gasteiger partial charge on any atom is -0.325 e. The van der Waals surface area contributed by atoms with Gasteiger partial charge >= 0.3 is 0 Å². The third-order valence-electron chi connectivity index (χ3n) is 2.07. The van der Waals surface area contributed by atoms with Crippen molar-refractivity contribution in [3.8, 4) is 0 Å². The Morgan fingerprint density at radius 1 is 1.29 bits per heavy atom. The molecule has 0 aliphatic carbocycles. The summed E-state index contributed by atoms with van der Waals surface area (Å²) in [5.74, 6) is -1.85. The molecule has 1 aliphatic heterocycles. The second kappa shape index (κ2) is 4.79. The van der Waals surface area contributed by atoms with E-state index in [1.165, 1.54) is 12.3 Å². The van der Waals surface area contributed by atoms with Crippen molar-refractivity contribution in [3.63, 3.8) is 0 Å². The van der Waals surface area contributed by atoms with Crippen LogP contribution in [0.5, 0.6) is 0 Å². The van der Waals surface area contributed by atoms with Crippen molar-refractivity contribution in [2.24, 2.45) is 21.0 Å². The van der Waals surface area contributed by atoms with Crippen molar-refractivity contribution in [2.45, 2.75) is 0 Å². The summed E-state index contributed by atoms with van der Waals surface area (Å²) in [6.07, 6.45) is 1.43. The molecule has 2 rings (SSSR count). The van der Waals surface area contributed by atoms with Gasteiger partial charge in [-0.1, -0.05) is 0 Å². The average Bonchev–Trinajstić information content (AvgIpc) is 2.78. The monoisotopic (exact) mass is 237 g/mol. The summed E-state index contributed by atoms with van der Waals surface area (Å²) in [6.45, 7) is 0.207. The second-order valence-electron chi connectivity index (χ2n) is 3.23. The first kappa shape index (κ1) is 11.3. The zero-order valence-electron chi connectivity index (χ0n) is 8.69. The van der Waals surface area contributed by atoms with Gasteiger partial charge in [0.25, 0.3) is 0 Å². The third-order valence-corrected chi connectivity index (χ3v) is 2.07. The SMILES string of the molecule is NCC1=NN=CC1=NNc1ccc(F)c(F)c1. The van der Waals surface area contributed by atoms with E-state index in [0.29, 0.717) is 17.1 Å². The van der Waals surface area contributed by atoms with Gasteiger partial charge in [0.05, 0.1) is 11.9 Å². The van der Waals surface area contributed by atoms with Crippen LogP contribution in [0.2, 0.25) is 0 Å². The maximum absolute atomic E-state index is 12.9. The number of hydrazone groups is 1. The molecule has 0 aromatic heterocycles. The minimum absolute atomic E-state index is 0.207. The number of hydrogen-bond donors (Lipinski definition) is 2. The molecule has 88 valence electrons. The molecule has 0 radical (unpaired) electrons. The maximum Gasteiger partial charge on any atom is 0.160 e. The molecule has 7 heteroatoms. The quantitative estimate of drug-likeness (QED) is 0.773. The van der Waals surface area contributed by atoms with Crippen LogP contribution in [0.4, 0.5) is 14.5 Å². The highest BCUT2D eigenvalue weighted by molar-refractivity contribution is 6.64. The van der Waals surface area contributed by atoms with E-state index < -0.39 is 11.6 Å². The zero-order valence-corrected chi connectivity index (χ0v) is 8.69. The van der Waals surface area contributed by atoms with Crippen LogP contribution in [-0.4, -0.2) is 24.2 Å². The van der Waals surface area contributed by atoms with Gasteiger partial charge in [-0.05, 0) is 12.1 Å². The summed E-state index contributed by atoms with van der Waals surface area (Å²) in [6, 6.07) is 3.39. The van der Waals surface area contributed by atoms with Gasteiger partial charge in [0.2, 0.25) is 0 Å². The highest BCUT2D eigenvalue weighted by atomic mass is 19.2. The molecular weight excluding hydrogens is 228 g/mol. The zero-order chi connectivity index (χ0) is 12.3. The molecule has 0 atom stereocenters. The molecule has 0 saturated carbocycles. The average molecular weight is 237 g/mol. The van der Waals surface area contributed by atoms with E-state index in [0.717, 1.165) is 12.1 Å². The molecule has 5 nitrogen and oxygen atoms in total. The fraction of sp³-hybridized carbons (Fsp3) is 0.100. The van der Waals surface area contributed by atoms with Crippen LogP contribution in [0.3, 0.4) is 0 Å². The molecule has 1 heterocycles. The van der Waals surface area contributed by atoms with E-state index in [4.69, 9.17) is 5.73 Å². The molecule has 0 amide bonds. The molecule has 1 aromatic rings. The molecule has 1 aromatic carbocycles. The van der Waals surface area contributed by atoms with Gasteiger partial charge in [0, 0.05) is 12.6 Å². The Morgan fingerprint density at radius 2 is 2.12 bits per heavy atom. The maximum atomic E-state index is 12.9. The van der Waals surface area contributed by atoms with Crippen molar-refractivity contribution in [3.05, 3.63) is 29.8 Å². The van der Waals surface area contributed by atoms with E-state index in [9.17, 15) is 8.78 Å². The lowest BCUT2D eigenvalue weighted by atomic mass is 10.2. The summed E-state index contributed by atoms with van der Waals surface area (Å²) in [5, 5.41) is 11.3. The highest BCUT2D eigenvalue weighted by Crippen LogP contribution is 2.13. The Kier molecular flexibility index (Phi) is 3.20. The van der Waals surface area contributed by atoms with Crippen molar-refractivity contribution in [1.29, 1.82) is 0 Å². The molecule has 1 aliphatic rings. The summed E-state index contributed by atoms with van der Waals surface area (Å²) in [4.78, 5) is 0. The van der Waals surface area contributed by atoms with Gasteiger partial charge < -0.3 is 5.73 Å². The molecule has 0 bridgehead atoms. The largest absolute Gasteiger partial charge is 0.325 e. The third kappa shape index (κ3) is 2.51. The van der Waals surface area contributed by atoms with E-state index in [1.54, 1.807) is 0 Å². The number of anilines is 1. The van der Waals surface area contributed by atoms with Crippen LogP contribution >= 0.6 is 0 Å². The van der Waals surface area contributed by atoms with Crippen LogP contribution in [0.25, 0.3) is 0 Å². The van der Waals surface area contributed by atoms with Gasteiger partial charge in [-0.2, -0.15) is 15.3 Å². The van der Waals surface area contributed by atoms with Crippen molar-refractivity contribution < 1.29 is 8.78 Å². The van der Waals surface area contributed by atoms with Gasteiger partial charge in [-0.25, -0.2) is 8.78 Å². The number of nitrogens with two attached hydrogens (primary N) is 1. The van der Waals surface area contributed by atoms with E-state index in [-0.39, 0.29) is 6.54 Å². The van der Waals surface area contributed by atoms with Gasteiger partial charge in [0.1, 0.15) is 11.4 Å². The lowest BCUT2D eigenvalue weighted by molar-refractivity contribution is 0.509. The van der Waals surface area contributed by atoms with Crippen molar-refractivity contribution in [2.75, 3.05) is 12.0 Å². The molecule has 0 spiro atoms. The Bertz CT molecular complexity index is 521. The smallest absolute Gasteiger partial charge is 0.160 e. The van der Waals surface area contributed by atoms with Gasteiger partial charge in [-0.15, -0.1) is 0 Å². The number of nitrogens with one attached hydrogen (secondary N) is 1. The first-order valence-electron chi connectivity index (χ1n) is 4.80. The summed E-state index contributed by atoms with van der Waals surface area (Å²) < 4.78 is 25.6. The number of nitrogens with zero attached hydrogens (tertiary/aromatic N) is 3. The van der Waals surface area contributed by atoms with E-state index in [1.807, 2.05) is 0 Å². The van der Waals surface area contributed by atoms with E-state index in [2.05, 4.69) is 20.7 Å². The second-order valence-corrected chi connectivity index (χ2v) is 3.23. The predicted molar refractivity (Wildman–Crippen MR) is 62.4 cm³/mol. The number of rotatable bonds is 3. The normalized spacial score (nSPS) is 16.4. The summed E-state index contributed by atoms with van der Waals surface area (Å²) >= 11 is 0. The first-order chi connectivity index (χ1) is 8.20. The molecule has 17 heavy (non-hydrogen) atoms. The van der Waals surface area contributed by atoms with Crippen LogP contribution in [0.1, 0.15) is 0 Å².